The van der Waals surface area contributed by atoms with Crippen LogP contribution in [0.25, 0.3) is 33.0 Å². The lowest BCUT2D eigenvalue weighted by atomic mass is 9.95. The Morgan fingerprint density at radius 3 is 1.76 bits per heavy atom. The fourth-order valence-electron chi connectivity index (χ4n) is 8.59. The average Bonchev–Trinajstić information content (AvgIpc) is 3.41. The van der Waals surface area contributed by atoms with E-state index >= 15 is 0 Å². The van der Waals surface area contributed by atoms with E-state index in [1.165, 1.54) is 46.8 Å². The number of unbranched alkanes of at least 4 members (excludes halogenated alkanes) is 8. The smallest absolute Gasteiger partial charge is 0.323 e. The van der Waals surface area contributed by atoms with Crippen LogP contribution >= 0.6 is 0 Å². The fourth-order valence-corrected chi connectivity index (χ4v) is 8.59. The summed E-state index contributed by atoms with van der Waals surface area (Å²) in [5.41, 5.74) is 12.5. The van der Waals surface area contributed by atoms with Gasteiger partial charge in [-0.15, -0.1) is 0 Å². The first kappa shape index (κ1) is 55.9. The highest BCUT2D eigenvalue weighted by Crippen LogP contribution is 2.31. The minimum atomic E-state index is -1.14. The van der Waals surface area contributed by atoms with Crippen molar-refractivity contribution < 1.29 is 34.2 Å². The number of carboxylic acid groups (broad SMARTS) is 2. The number of nitrogens with two attached hydrogens (primary N) is 1. The summed E-state index contributed by atoms with van der Waals surface area (Å²) in [4.78, 5) is 92.1. The number of Topliss-reactive ketones (excluding diaryl/α,β-unsaturated/α-hetero) is 1. The summed E-state index contributed by atoms with van der Waals surface area (Å²) in [6, 6.07) is 28.5. The fraction of sp³-hybridized carbons (Fsp3) is 0.305. The minimum absolute atomic E-state index is 0.0286. The number of fused-ring (bicyclic) bond motifs is 1. The van der Waals surface area contributed by atoms with E-state index in [9.17, 15) is 33.6 Å². The summed E-state index contributed by atoms with van der Waals surface area (Å²) in [7, 11) is 0. The molecule has 0 unspecified atom stereocenters. The van der Waals surface area contributed by atoms with Gasteiger partial charge in [0, 0.05) is 89.8 Å². The number of ketones is 1. The Labute approximate surface area is 435 Å². The summed E-state index contributed by atoms with van der Waals surface area (Å²) in [5, 5.41) is 25.4. The number of rotatable bonds is 26. The summed E-state index contributed by atoms with van der Waals surface area (Å²) in [6.45, 7) is 1.97. The van der Waals surface area contributed by atoms with Crippen LogP contribution in [0.4, 0.5) is 11.4 Å². The second kappa shape index (κ2) is 28.8. The number of hydrogen-bond acceptors (Lipinski definition) is 10. The number of amides is 2. The predicted molar refractivity (Wildman–Crippen MR) is 292 cm³/mol. The van der Waals surface area contributed by atoms with Crippen molar-refractivity contribution in [1.29, 1.82) is 0 Å². The number of aliphatic carboxylic acids is 2. The highest BCUT2D eigenvalue weighted by Gasteiger charge is 2.14. The Balaban J connectivity index is 0.000000251. The van der Waals surface area contributed by atoms with Crippen molar-refractivity contribution >= 4 is 51.7 Å². The number of aryl methyl sites for hydroxylation is 2. The van der Waals surface area contributed by atoms with Gasteiger partial charge in [-0.1, -0.05) is 87.9 Å². The van der Waals surface area contributed by atoms with Crippen molar-refractivity contribution in [3.05, 3.63) is 177 Å². The average molecular weight is 1020 g/mol. The maximum absolute atomic E-state index is 13.1. The van der Waals surface area contributed by atoms with Crippen molar-refractivity contribution in [3.63, 3.8) is 0 Å². The van der Waals surface area contributed by atoms with Crippen LogP contribution in [0.5, 0.6) is 0 Å². The number of nitrogens with zero attached hydrogens (tertiary/aromatic N) is 4. The summed E-state index contributed by atoms with van der Waals surface area (Å²) in [6.07, 6.45) is 23.0. The van der Waals surface area contributed by atoms with Gasteiger partial charge in [-0.05, 0) is 115 Å². The van der Waals surface area contributed by atoms with Crippen molar-refractivity contribution in [2.45, 2.75) is 110 Å². The zero-order chi connectivity index (χ0) is 53.5. The monoisotopic (exact) mass is 1020 g/mol. The molecule has 0 aliphatic rings. The quantitative estimate of drug-likeness (QED) is 0.0318. The van der Waals surface area contributed by atoms with Crippen molar-refractivity contribution in [3.8, 4) is 22.3 Å². The van der Waals surface area contributed by atoms with Crippen LogP contribution in [0.3, 0.4) is 0 Å². The molecule has 7 aromatic rings. The number of carbonyl (C=O) groups excluding carboxylic acids is 3. The third kappa shape index (κ3) is 17.4. The number of anilines is 2. The Morgan fingerprint density at radius 2 is 1.12 bits per heavy atom. The molecular weight excluding hydrogens is 951 g/mol. The van der Waals surface area contributed by atoms with Crippen LogP contribution in [0.2, 0.25) is 0 Å². The number of benzene rings is 3. The van der Waals surface area contributed by atoms with Gasteiger partial charge in [0.25, 0.3) is 22.9 Å². The molecule has 6 N–H and O–H groups in total. The molecule has 4 aromatic heterocycles. The van der Waals surface area contributed by atoms with Crippen LogP contribution in [-0.2, 0) is 40.3 Å². The maximum atomic E-state index is 13.1. The molecule has 0 atom stereocenters. The molecule has 4 heterocycles. The third-order valence-corrected chi connectivity index (χ3v) is 12.6. The third-order valence-electron chi connectivity index (χ3n) is 12.6. The molecular formula is C59H65N7O9. The molecule has 0 spiro atoms. The largest absolute Gasteiger partial charge is 0.481 e. The SMILES string of the molecule is CCC(=O)Cn1cc(NC(=O)c2cccc(-c3cncc4c(CCCCCCCCC(=O)O)cccc34)c2)ccc1=O.NCCCCCCc1cncc(-c2cccc(C(=O)Nc3ccc(=O)n(CC(=O)O)c3)c2)c1. The molecule has 7 rings (SSSR count). The Bertz CT molecular complexity index is 3220. The Kier molecular flexibility index (Phi) is 21.5. The van der Waals surface area contributed by atoms with E-state index in [-0.39, 0.29) is 36.1 Å². The van der Waals surface area contributed by atoms with Crippen molar-refractivity contribution in [2.75, 3.05) is 17.2 Å². The van der Waals surface area contributed by atoms with Crippen molar-refractivity contribution in [2.24, 2.45) is 5.73 Å². The first-order valence-electron chi connectivity index (χ1n) is 25.5. The molecule has 16 heteroatoms. The summed E-state index contributed by atoms with van der Waals surface area (Å²) >= 11 is 0. The van der Waals surface area contributed by atoms with E-state index in [0.29, 0.717) is 28.9 Å². The number of pyridine rings is 4. The normalized spacial score (nSPS) is 10.9. The van der Waals surface area contributed by atoms with E-state index in [4.69, 9.17) is 15.9 Å². The van der Waals surface area contributed by atoms with Crippen LogP contribution < -0.4 is 27.5 Å². The number of aromatic nitrogens is 4. The van der Waals surface area contributed by atoms with Crippen LogP contribution in [0.1, 0.15) is 116 Å². The molecule has 3 aromatic carbocycles. The standard InChI is InChI=1S/C34H37N3O5.C25H28N4O4/c1-2-28(38)23-37-22-27(17-18-32(37)39)36-34(42)26-14-9-13-25(19-26)31-21-35-20-30-24(12-10-15-29(30)31)11-7-5-3-4-6-8-16-33(40)41;26-11-4-2-1-3-6-18-12-21(15-27-14-18)19-7-5-8-20(13-19)25(33)28-22-9-10-23(30)29(16-22)17-24(31)32/h9-10,12-15,17-22H,2-8,11,16,23H2,1H3,(H,36,42)(H,40,41);5,7-10,12-16H,1-4,6,11,17,26H2,(H,28,33)(H,31,32). The lowest BCUT2D eigenvalue weighted by molar-refractivity contribution is -0.138. The molecule has 75 heavy (non-hydrogen) atoms. The maximum Gasteiger partial charge on any atom is 0.323 e. The highest BCUT2D eigenvalue weighted by atomic mass is 16.4. The Hall–Kier alpha value is -8.37. The van der Waals surface area contributed by atoms with Crippen molar-refractivity contribution in [1.82, 2.24) is 19.1 Å². The van der Waals surface area contributed by atoms with E-state index in [2.05, 4.69) is 44.9 Å². The van der Waals surface area contributed by atoms with E-state index in [0.717, 1.165) is 127 Å². The number of carbonyl (C=O) groups is 5. The van der Waals surface area contributed by atoms with Gasteiger partial charge in [0.05, 0.1) is 17.9 Å². The minimum Gasteiger partial charge on any atom is -0.481 e. The van der Waals surface area contributed by atoms with Gasteiger partial charge in [0.15, 0.2) is 5.78 Å². The molecule has 16 nitrogen and oxygen atoms in total. The lowest BCUT2D eigenvalue weighted by Crippen LogP contribution is -2.24. The first-order valence-corrected chi connectivity index (χ1v) is 25.5. The molecule has 0 saturated carbocycles. The van der Waals surface area contributed by atoms with Gasteiger partial charge < -0.3 is 35.7 Å². The van der Waals surface area contributed by atoms with Gasteiger partial charge >= 0.3 is 11.9 Å². The topological polar surface area (TPSA) is 246 Å². The van der Waals surface area contributed by atoms with Crippen LogP contribution in [-0.4, -0.2) is 65.4 Å². The van der Waals surface area contributed by atoms with Gasteiger partial charge in [-0.2, -0.15) is 0 Å². The zero-order valence-electron chi connectivity index (χ0n) is 42.3. The molecule has 0 aliphatic carbocycles. The van der Waals surface area contributed by atoms with Gasteiger partial charge in [0.1, 0.15) is 6.54 Å². The summed E-state index contributed by atoms with van der Waals surface area (Å²) in [5.74, 6) is -2.61. The molecule has 0 bridgehead atoms. The second-order valence-electron chi connectivity index (χ2n) is 18.4. The first-order chi connectivity index (χ1) is 36.3. The molecule has 0 fully saturated rings. The molecule has 0 radical (unpaired) electrons. The van der Waals surface area contributed by atoms with E-state index < -0.39 is 24.0 Å². The second-order valence-corrected chi connectivity index (χ2v) is 18.4. The van der Waals surface area contributed by atoms with Crippen LogP contribution in [0.15, 0.2) is 144 Å². The van der Waals surface area contributed by atoms with Gasteiger partial charge in [0.2, 0.25) is 0 Å². The molecule has 0 aliphatic heterocycles. The van der Waals surface area contributed by atoms with Gasteiger partial charge in [-0.3, -0.25) is 43.5 Å². The lowest BCUT2D eigenvalue weighted by Gasteiger charge is -2.12. The molecule has 2 amide bonds. The van der Waals surface area contributed by atoms with E-state index in [1.807, 2.05) is 42.9 Å². The molecule has 390 valence electrons. The number of hydrogen-bond donors (Lipinski definition) is 5. The van der Waals surface area contributed by atoms with E-state index in [1.54, 1.807) is 37.4 Å². The molecule has 0 saturated heterocycles. The Morgan fingerprint density at radius 1 is 0.547 bits per heavy atom. The van der Waals surface area contributed by atoms with Gasteiger partial charge in [-0.25, -0.2) is 0 Å². The zero-order valence-corrected chi connectivity index (χ0v) is 42.3. The number of carboxylic acids is 2. The summed E-state index contributed by atoms with van der Waals surface area (Å²) < 4.78 is 2.33. The van der Waals surface area contributed by atoms with Crippen LogP contribution in [0, 0.1) is 0 Å². The predicted octanol–water partition coefficient (Wildman–Crippen LogP) is 9.96. The number of nitrogens with one attached hydrogen (secondary N) is 2. The highest BCUT2D eigenvalue weighted by molar-refractivity contribution is 6.06.